The van der Waals surface area contributed by atoms with E-state index in [1.165, 1.54) is 0 Å². The van der Waals surface area contributed by atoms with Crippen LogP contribution in [0.15, 0.2) is 24.4 Å². The highest BCUT2D eigenvalue weighted by molar-refractivity contribution is 5.92. The molecule has 2 atom stereocenters. The molecule has 0 radical (unpaired) electrons. The van der Waals surface area contributed by atoms with E-state index in [0.29, 0.717) is 18.0 Å². The van der Waals surface area contributed by atoms with Crippen LogP contribution in [0, 0.1) is 5.92 Å². The molecule has 0 saturated heterocycles. The molecule has 1 saturated carbocycles. The fourth-order valence-electron chi connectivity index (χ4n) is 2.98. The van der Waals surface area contributed by atoms with Gasteiger partial charge in [-0.15, -0.1) is 0 Å². The minimum absolute atomic E-state index is 0.135. The molecule has 2 aromatic heterocycles. The van der Waals surface area contributed by atoms with Crippen molar-refractivity contribution in [3.8, 4) is 0 Å². The van der Waals surface area contributed by atoms with Gasteiger partial charge in [-0.2, -0.15) is 0 Å². The number of aliphatic hydroxyl groups excluding tert-OH is 1. The fourth-order valence-corrected chi connectivity index (χ4v) is 2.98. The van der Waals surface area contributed by atoms with E-state index in [-0.39, 0.29) is 17.7 Å². The molecule has 21 heavy (non-hydrogen) atoms. The number of pyridine rings is 1. The number of aliphatic hydroxyl groups is 1. The Morgan fingerprint density at radius 3 is 2.95 bits per heavy atom. The average Bonchev–Trinajstić information content (AvgIpc) is 2.85. The van der Waals surface area contributed by atoms with Crippen molar-refractivity contribution >= 4 is 17.4 Å². The highest BCUT2D eigenvalue weighted by Gasteiger charge is 2.24. The number of imidazole rings is 1. The molecule has 6 heteroatoms. The number of aromatic carboxylic acids is 1. The summed E-state index contributed by atoms with van der Waals surface area (Å²) in [5, 5.41) is 22.5. The van der Waals surface area contributed by atoms with Crippen molar-refractivity contribution in [1.82, 2.24) is 9.38 Å². The maximum atomic E-state index is 11.5. The summed E-state index contributed by atoms with van der Waals surface area (Å²) in [6.07, 6.45) is 5.34. The van der Waals surface area contributed by atoms with Gasteiger partial charge in [-0.3, -0.25) is 4.40 Å². The Morgan fingerprint density at radius 2 is 2.19 bits per heavy atom. The van der Waals surface area contributed by atoms with E-state index >= 15 is 0 Å². The van der Waals surface area contributed by atoms with Crippen LogP contribution in [0.3, 0.4) is 0 Å². The van der Waals surface area contributed by atoms with Crippen LogP contribution < -0.4 is 5.32 Å². The van der Waals surface area contributed by atoms with Gasteiger partial charge in [-0.25, -0.2) is 9.78 Å². The van der Waals surface area contributed by atoms with Gasteiger partial charge >= 0.3 is 5.97 Å². The number of nitrogens with zero attached hydrogens (tertiary/aromatic N) is 2. The maximum Gasteiger partial charge on any atom is 0.356 e. The monoisotopic (exact) mass is 289 g/mol. The highest BCUT2D eigenvalue weighted by atomic mass is 16.4. The molecule has 112 valence electrons. The zero-order chi connectivity index (χ0) is 14.8. The minimum Gasteiger partial charge on any atom is -0.476 e. The van der Waals surface area contributed by atoms with Crippen LogP contribution >= 0.6 is 0 Å². The number of fused-ring (bicyclic) bond motifs is 1. The van der Waals surface area contributed by atoms with Gasteiger partial charge in [0.15, 0.2) is 11.5 Å². The van der Waals surface area contributed by atoms with Crippen LogP contribution in [0.1, 0.15) is 36.2 Å². The summed E-state index contributed by atoms with van der Waals surface area (Å²) >= 11 is 0. The lowest BCUT2D eigenvalue weighted by Gasteiger charge is -2.27. The molecule has 1 fully saturated rings. The van der Waals surface area contributed by atoms with Crippen molar-refractivity contribution in [2.45, 2.75) is 31.8 Å². The summed E-state index contributed by atoms with van der Waals surface area (Å²) in [6.45, 7) is 0.547. The third-order valence-corrected chi connectivity index (χ3v) is 4.13. The first-order valence-electron chi connectivity index (χ1n) is 7.29. The highest BCUT2D eigenvalue weighted by Crippen LogP contribution is 2.25. The fraction of sp³-hybridized carbons (Fsp3) is 0.467. The Labute approximate surface area is 122 Å². The molecule has 2 heterocycles. The molecule has 0 bridgehead atoms. The van der Waals surface area contributed by atoms with Crippen molar-refractivity contribution < 1.29 is 15.0 Å². The Hall–Kier alpha value is -2.08. The Balaban J connectivity index is 1.83. The molecule has 0 aliphatic heterocycles. The molecule has 0 aromatic carbocycles. The number of hydrogen-bond acceptors (Lipinski definition) is 4. The molecule has 1 aliphatic rings. The van der Waals surface area contributed by atoms with E-state index < -0.39 is 5.97 Å². The summed E-state index contributed by atoms with van der Waals surface area (Å²) in [6, 6.07) is 5.37. The van der Waals surface area contributed by atoms with Gasteiger partial charge < -0.3 is 15.5 Å². The van der Waals surface area contributed by atoms with Crippen LogP contribution in [0.5, 0.6) is 0 Å². The first-order valence-corrected chi connectivity index (χ1v) is 7.29. The predicted molar refractivity (Wildman–Crippen MR) is 78.6 cm³/mol. The van der Waals surface area contributed by atoms with E-state index in [4.69, 9.17) is 0 Å². The van der Waals surface area contributed by atoms with Crippen LogP contribution in [-0.4, -0.2) is 38.2 Å². The second-order valence-corrected chi connectivity index (χ2v) is 5.54. The normalized spacial score (nSPS) is 22.3. The quantitative estimate of drug-likeness (QED) is 0.801. The van der Waals surface area contributed by atoms with Gasteiger partial charge in [0.1, 0.15) is 5.65 Å². The predicted octanol–water partition coefficient (Wildman–Crippen LogP) is 2.00. The van der Waals surface area contributed by atoms with E-state index in [9.17, 15) is 15.0 Å². The lowest BCUT2D eigenvalue weighted by atomic mass is 9.86. The van der Waals surface area contributed by atoms with Crippen LogP contribution in [0.25, 0.3) is 5.65 Å². The van der Waals surface area contributed by atoms with Crippen molar-refractivity contribution in [3.05, 3.63) is 30.1 Å². The molecule has 3 rings (SSSR count). The lowest BCUT2D eigenvalue weighted by molar-refractivity contribution is 0.0690. The first-order chi connectivity index (χ1) is 10.2. The largest absolute Gasteiger partial charge is 0.476 e. The SMILES string of the molecule is O=C(O)c1c(NCC2CCCCC2O)nc2ccccn12. The maximum absolute atomic E-state index is 11.5. The summed E-state index contributed by atoms with van der Waals surface area (Å²) in [7, 11) is 0. The van der Waals surface area contributed by atoms with Gasteiger partial charge in [-0.05, 0) is 25.0 Å². The summed E-state index contributed by atoms with van der Waals surface area (Å²) in [5.41, 5.74) is 0.734. The minimum atomic E-state index is -1.01. The number of aromatic nitrogens is 2. The molecule has 2 aromatic rings. The van der Waals surface area contributed by atoms with Gasteiger partial charge in [-0.1, -0.05) is 18.9 Å². The number of carbonyl (C=O) groups is 1. The average molecular weight is 289 g/mol. The standard InChI is InChI=1S/C15H19N3O3/c19-11-6-2-1-5-10(11)9-16-14-13(15(20)21)18-8-4-3-7-12(18)17-14/h3-4,7-8,10-11,16,19H,1-2,5-6,9H2,(H,20,21). The van der Waals surface area contributed by atoms with Crippen LogP contribution in [0.2, 0.25) is 0 Å². The third kappa shape index (κ3) is 2.71. The number of carboxylic acids is 1. The second kappa shape index (κ2) is 5.73. The van der Waals surface area contributed by atoms with Gasteiger partial charge in [0.2, 0.25) is 0 Å². The molecule has 1 aliphatic carbocycles. The molecule has 2 unspecified atom stereocenters. The number of carboxylic acid groups (broad SMARTS) is 1. The Kier molecular flexibility index (Phi) is 3.79. The van der Waals surface area contributed by atoms with Crippen molar-refractivity contribution in [3.63, 3.8) is 0 Å². The van der Waals surface area contributed by atoms with E-state index in [2.05, 4.69) is 10.3 Å². The van der Waals surface area contributed by atoms with Gasteiger partial charge in [0.05, 0.1) is 6.10 Å². The molecular formula is C15H19N3O3. The zero-order valence-corrected chi connectivity index (χ0v) is 11.7. The molecule has 6 nitrogen and oxygen atoms in total. The van der Waals surface area contributed by atoms with Gasteiger partial charge in [0.25, 0.3) is 0 Å². The smallest absolute Gasteiger partial charge is 0.356 e. The molecular weight excluding hydrogens is 270 g/mol. The Bertz CT molecular complexity index is 653. The summed E-state index contributed by atoms with van der Waals surface area (Å²) < 4.78 is 1.56. The van der Waals surface area contributed by atoms with E-state index in [1.54, 1.807) is 22.7 Å². The van der Waals surface area contributed by atoms with Crippen molar-refractivity contribution in [1.29, 1.82) is 0 Å². The topological polar surface area (TPSA) is 86.9 Å². The first kappa shape index (κ1) is 13.9. The molecule has 3 N–H and O–H groups in total. The summed E-state index contributed by atoms with van der Waals surface area (Å²) in [4.78, 5) is 15.8. The van der Waals surface area contributed by atoms with Crippen LogP contribution in [-0.2, 0) is 0 Å². The number of anilines is 1. The second-order valence-electron chi connectivity index (χ2n) is 5.54. The third-order valence-electron chi connectivity index (χ3n) is 4.13. The zero-order valence-electron chi connectivity index (χ0n) is 11.7. The van der Waals surface area contributed by atoms with Crippen LogP contribution in [0.4, 0.5) is 5.82 Å². The summed E-state index contributed by atoms with van der Waals surface area (Å²) in [5.74, 6) is -0.489. The van der Waals surface area contributed by atoms with Crippen molar-refractivity contribution in [2.24, 2.45) is 5.92 Å². The lowest BCUT2D eigenvalue weighted by Crippen LogP contribution is -2.30. The van der Waals surface area contributed by atoms with Crippen molar-refractivity contribution in [2.75, 3.05) is 11.9 Å². The van der Waals surface area contributed by atoms with E-state index in [0.717, 1.165) is 25.7 Å². The molecule has 0 amide bonds. The molecule has 0 spiro atoms. The van der Waals surface area contributed by atoms with Gasteiger partial charge in [0, 0.05) is 18.7 Å². The van der Waals surface area contributed by atoms with E-state index in [1.807, 2.05) is 6.07 Å². The number of hydrogen-bond donors (Lipinski definition) is 3. The number of nitrogens with one attached hydrogen (secondary N) is 1. The Morgan fingerprint density at radius 1 is 1.38 bits per heavy atom. The number of rotatable bonds is 4.